The highest BCUT2D eigenvalue weighted by Crippen LogP contribution is 2.31. The van der Waals surface area contributed by atoms with Gasteiger partial charge in [0.25, 0.3) is 5.91 Å². The second kappa shape index (κ2) is 9.09. The van der Waals surface area contributed by atoms with Gasteiger partial charge < -0.3 is 14.8 Å². The molecule has 8 heteroatoms. The smallest absolute Gasteiger partial charge is 0.265 e. The standard InChI is InChI=1S/C23H22ClN3O3S/c1-14-12-18(30-11-10-29-3)8-9-20(14)25-22(28)21-13-19-15(2)26-27(23(19)31-21)17-6-4-16(24)5-7-17/h4-9,12-13H,10-11H2,1-3H3,(H,25,28). The van der Waals surface area contributed by atoms with Crippen LogP contribution in [-0.2, 0) is 4.74 Å². The summed E-state index contributed by atoms with van der Waals surface area (Å²) in [6.45, 7) is 4.88. The van der Waals surface area contributed by atoms with Crippen LogP contribution in [0.15, 0.2) is 48.5 Å². The van der Waals surface area contributed by atoms with Crippen LogP contribution in [0.4, 0.5) is 5.69 Å². The molecule has 0 radical (unpaired) electrons. The fraction of sp³-hybridized carbons (Fsp3) is 0.217. The number of anilines is 1. The van der Waals surface area contributed by atoms with Crippen molar-refractivity contribution in [1.82, 2.24) is 9.78 Å². The van der Waals surface area contributed by atoms with Crippen molar-refractivity contribution in [3.05, 3.63) is 69.7 Å². The number of thiophene rings is 1. The zero-order valence-corrected chi connectivity index (χ0v) is 19.0. The molecule has 0 saturated heterocycles. The number of hydrogen-bond acceptors (Lipinski definition) is 5. The molecule has 0 bridgehead atoms. The number of amides is 1. The molecular formula is C23H22ClN3O3S. The molecule has 6 nitrogen and oxygen atoms in total. The van der Waals surface area contributed by atoms with Crippen LogP contribution in [0.3, 0.4) is 0 Å². The monoisotopic (exact) mass is 455 g/mol. The number of carbonyl (C=O) groups is 1. The first-order valence-electron chi connectivity index (χ1n) is 9.75. The lowest BCUT2D eigenvalue weighted by atomic mass is 10.2. The number of aryl methyl sites for hydroxylation is 2. The van der Waals surface area contributed by atoms with Crippen molar-refractivity contribution in [3.63, 3.8) is 0 Å². The van der Waals surface area contributed by atoms with Gasteiger partial charge in [0.1, 0.15) is 17.2 Å². The summed E-state index contributed by atoms with van der Waals surface area (Å²) >= 11 is 7.42. The number of nitrogens with one attached hydrogen (secondary N) is 1. The SMILES string of the molecule is COCCOc1ccc(NC(=O)c2cc3c(C)nn(-c4ccc(Cl)cc4)c3s2)c(C)c1. The number of methoxy groups -OCH3 is 1. The van der Waals surface area contributed by atoms with Crippen LogP contribution in [0.1, 0.15) is 20.9 Å². The number of rotatable bonds is 7. The number of aromatic nitrogens is 2. The van der Waals surface area contributed by atoms with E-state index < -0.39 is 0 Å². The predicted molar refractivity (Wildman–Crippen MR) is 125 cm³/mol. The van der Waals surface area contributed by atoms with E-state index in [9.17, 15) is 4.79 Å². The van der Waals surface area contributed by atoms with Gasteiger partial charge in [-0.25, -0.2) is 4.68 Å². The first-order valence-corrected chi connectivity index (χ1v) is 10.9. The molecule has 1 amide bonds. The van der Waals surface area contributed by atoms with Gasteiger partial charge in [0.15, 0.2) is 0 Å². The van der Waals surface area contributed by atoms with Gasteiger partial charge in [0, 0.05) is 23.2 Å². The average molecular weight is 456 g/mol. The molecule has 0 atom stereocenters. The van der Waals surface area contributed by atoms with E-state index in [-0.39, 0.29) is 5.91 Å². The minimum absolute atomic E-state index is 0.153. The average Bonchev–Trinajstić information content (AvgIpc) is 3.32. The molecule has 31 heavy (non-hydrogen) atoms. The number of halogens is 1. The molecule has 0 saturated carbocycles. The molecule has 160 valence electrons. The summed E-state index contributed by atoms with van der Waals surface area (Å²) in [5, 5.41) is 9.25. The van der Waals surface area contributed by atoms with Gasteiger partial charge in [-0.2, -0.15) is 5.10 Å². The molecule has 4 rings (SSSR count). The van der Waals surface area contributed by atoms with Crippen LogP contribution in [0.2, 0.25) is 5.02 Å². The van der Waals surface area contributed by atoms with Crippen molar-refractivity contribution in [2.24, 2.45) is 0 Å². The molecule has 0 unspecified atom stereocenters. The Morgan fingerprint density at radius 2 is 1.90 bits per heavy atom. The summed E-state index contributed by atoms with van der Waals surface area (Å²) in [5.74, 6) is 0.590. The third kappa shape index (κ3) is 4.58. The highest BCUT2D eigenvalue weighted by Gasteiger charge is 2.18. The number of fused-ring (bicyclic) bond motifs is 1. The van der Waals surface area contributed by atoms with Crippen LogP contribution in [-0.4, -0.2) is 36.0 Å². The summed E-state index contributed by atoms with van der Waals surface area (Å²) in [4.78, 5) is 14.5. The minimum atomic E-state index is -0.153. The zero-order valence-electron chi connectivity index (χ0n) is 17.4. The van der Waals surface area contributed by atoms with E-state index >= 15 is 0 Å². The molecule has 0 aliphatic carbocycles. The van der Waals surface area contributed by atoms with E-state index in [4.69, 9.17) is 21.1 Å². The van der Waals surface area contributed by atoms with Crippen molar-refractivity contribution in [2.45, 2.75) is 13.8 Å². The van der Waals surface area contributed by atoms with Crippen LogP contribution >= 0.6 is 22.9 Å². The van der Waals surface area contributed by atoms with Gasteiger partial charge in [-0.3, -0.25) is 4.79 Å². The third-order valence-corrected chi connectivity index (χ3v) is 6.20. The molecule has 2 aromatic carbocycles. The van der Waals surface area contributed by atoms with Crippen LogP contribution < -0.4 is 10.1 Å². The molecule has 1 N–H and O–H groups in total. The number of nitrogens with zero attached hydrogens (tertiary/aromatic N) is 2. The van der Waals surface area contributed by atoms with Crippen molar-refractivity contribution in [2.75, 3.05) is 25.6 Å². The highest BCUT2D eigenvalue weighted by molar-refractivity contribution is 7.20. The molecule has 0 aliphatic heterocycles. The van der Waals surface area contributed by atoms with Crippen molar-refractivity contribution < 1.29 is 14.3 Å². The Morgan fingerprint density at radius 1 is 1.13 bits per heavy atom. The number of carbonyl (C=O) groups excluding carboxylic acids is 1. The summed E-state index contributed by atoms with van der Waals surface area (Å²) in [6.07, 6.45) is 0. The lowest BCUT2D eigenvalue weighted by molar-refractivity contribution is 0.103. The Balaban J connectivity index is 1.56. The molecule has 0 aliphatic rings. The third-order valence-electron chi connectivity index (χ3n) is 4.84. The molecular weight excluding hydrogens is 434 g/mol. The largest absolute Gasteiger partial charge is 0.491 e. The van der Waals surface area contributed by atoms with Crippen molar-refractivity contribution in [3.8, 4) is 11.4 Å². The van der Waals surface area contributed by atoms with E-state index in [1.807, 2.05) is 67.1 Å². The highest BCUT2D eigenvalue weighted by atomic mass is 35.5. The summed E-state index contributed by atoms with van der Waals surface area (Å²) in [7, 11) is 1.63. The number of ether oxygens (including phenoxy) is 2. The van der Waals surface area contributed by atoms with Crippen molar-refractivity contribution >= 4 is 44.7 Å². The van der Waals surface area contributed by atoms with Gasteiger partial charge in [-0.1, -0.05) is 11.6 Å². The van der Waals surface area contributed by atoms with Gasteiger partial charge in [-0.15, -0.1) is 11.3 Å². The summed E-state index contributed by atoms with van der Waals surface area (Å²) in [6, 6.07) is 15.0. The Bertz CT molecular complexity index is 1230. The van der Waals surface area contributed by atoms with Crippen LogP contribution in [0, 0.1) is 13.8 Å². The number of hydrogen-bond donors (Lipinski definition) is 1. The Labute approximate surface area is 189 Å². The molecule has 2 heterocycles. The maximum Gasteiger partial charge on any atom is 0.265 e. The predicted octanol–water partition coefficient (Wildman–Crippen LogP) is 5.63. The lowest BCUT2D eigenvalue weighted by Gasteiger charge is -2.11. The normalized spacial score (nSPS) is 11.1. The fourth-order valence-corrected chi connectivity index (χ4v) is 4.41. The van der Waals surface area contributed by atoms with E-state index in [1.54, 1.807) is 7.11 Å². The maximum atomic E-state index is 12.9. The second-order valence-corrected chi connectivity index (χ2v) is 8.54. The van der Waals surface area contributed by atoms with Crippen molar-refractivity contribution in [1.29, 1.82) is 0 Å². The van der Waals surface area contributed by atoms with Gasteiger partial charge in [0.2, 0.25) is 0 Å². The quantitative estimate of drug-likeness (QED) is 0.366. The molecule has 0 spiro atoms. The first kappa shape index (κ1) is 21.4. The number of benzene rings is 2. The van der Waals surface area contributed by atoms with E-state index in [0.29, 0.717) is 23.1 Å². The molecule has 0 fully saturated rings. The maximum absolute atomic E-state index is 12.9. The summed E-state index contributed by atoms with van der Waals surface area (Å²) in [5.41, 5.74) is 3.44. The zero-order chi connectivity index (χ0) is 22.0. The Hall–Kier alpha value is -2.87. The fourth-order valence-electron chi connectivity index (χ4n) is 3.21. The van der Waals surface area contributed by atoms with Gasteiger partial charge in [-0.05, 0) is 67.9 Å². The van der Waals surface area contributed by atoms with Crippen LogP contribution in [0.5, 0.6) is 5.75 Å². The van der Waals surface area contributed by atoms with Gasteiger partial charge in [0.05, 0.1) is 22.9 Å². The molecule has 2 aromatic heterocycles. The van der Waals surface area contributed by atoms with Crippen LogP contribution in [0.25, 0.3) is 15.9 Å². The van der Waals surface area contributed by atoms with Gasteiger partial charge >= 0.3 is 0 Å². The minimum Gasteiger partial charge on any atom is -0.491 e. The van der Waals surface area contributed by atoms with E-state index in [2.05, 4.69) is 10.4 Å². The first-order chi connectivity index (χ1) is 15.0. The topological polar surface area (TPSA) is 65.4 Å². The second-order valence-electron chi connectivity index (χ2n) is 7.08. The van der Waals surface area contributed by atoms with E-state index in [1.165, 1.54) is 11.3 Å². The van der Waals surface area contributed by atoms with E-state index in [0.717, 1.165) is 38.6 Å². The summed E-state index contributed by atoms with van der Waals surface area (Å²) < 4.78 is 12.5. The Kier molecular flexibility index (Phi) is 6.27. The lowest BCUT2D eigenvalue weighted by Crippen LogP contribution is -2.11. The molecule has 4 aromatic rings. The Morgan fingerprint density at radius 3 is 2.61 bits per heavy atom.